The molecule has 1 N–H and O–H groups in total. The maximum absolute atomic E-state index is 5.29. The first-order chi connectivity index (χ1) is 9.83. The smallest absolute Gasteiger partial charge is 0.134 e. The summed E-state index contributed by atoms with van der Waals surface area (Å²) in [6.45, 7) is 5.13. The van der Waals surface area contributed by atoms with Crippen molar-refractivity contribution in [3.05, 3.63) is 12.4 Å². The van der Waals surface area contributed by atoms with E-state index in [4.69, 9.17) is 4.74 Å². The molecule has 1 atom stereocenters. The quantitative estimate of drug-likeness (QED) is 0.792. The highest BCUT2D eigenvalue weighted by Crippen LogP contribution is 2.20. The standard InChI is InChI=1S/C15H26N4O/c1-3-4-7-13(11-20-2)18-14-10-15(17-12-16-14)19-8-5-6-9-19/h10,12-13H,3-9,11H2,1-2H3,(H,16,17,18). The van der Waals surface area contributed by atoms with Crippen LogP contribution in [-0.4, -0.2) is 42.8 Å². The van der Waals surface area contributed by atoms with Crippen molar-refractivity contribution in [3.63, 3.8) is 0 Å². The molecule has 112 valence electrons. The Morgan fingerprint density at radius 1 is 1.35 bits per heavy atom. The molecule has 0 saturated carbocycles. The highest BCUT2D eigenvalue weighted by Gasteiger charge is 2.15. The monoisotopic (exact) mass is 278 g/mol. The van der Waals surface area contributed by atoms with E-state index in [0.717, 1.165) is 31.1 Å². The molecule has 1 aromatic rings. The number of unbranched alkanes of at least 4 members (excludes halogenated alkanes) is 1. The molecular formula is C15H26N4O. The Hall–Kier alpha value is -1.36. The average molecular weight is 278 g/mol. The molecular weight excluding hydrogens is 252 g/mol. The Labute approximate surface area is 121 Å². The first kappa shape index (κ1) is 15.0. The number of ether oxygens (including phenoxy) is 1. The van der Waals surface area contributed by atoms with Crippen LogP contribution in [-0.2, 0) is 4.74 Å². The summed E-state index contributed by atoms with van der Waals surface area (Å²) in [4.78, 5) is 11.0. The van der Waals surface area contributed by atoms with Crippen LogP contribution in [0.3, 0.4) is 0 Å². The van der Waals surface area contributed by atoms with Gasteiger partial charge in [0, 0.05) is 26.3 Å². The fourth-order valence-electron chi connectivity index (χ4n) is 2.60. The third-order valence-electron chi connectivity index (χ3n) is 3.71. The second kappa shape index (κ2) is 8.04. The normalized spacial score (nSPS) is 16.4. The molecule has 1 unspecified atom stereocenters. The zero-order valence-electron chi connectivity index (χ0n) is 12.6. The minimum Gasteiger partial charge on any atom is -0.383 e. The Balaban J connectivity index is 1.97. The summed E-state index contributed by atoms with van der Waals surface area (Å²) in [7, 11) is 1.75. The first-order valence-corrected chi connectivity index (χ1v) is 7.66. The maximum Gasteiger partial charge on any atom is 0.134 e. The van der Waals surface area contributed by atoms with Crippen molar-refractivity contribution in [3.8, 4) is 0 Å². The summed E-state index contributed by atoms with van der Waals surface area (Å²) in [5, 5.41) is 3.48. The molecule has 0 bridgehead atoms. The zero-order chi connectivity index (χ0) is 14.2. The predicted molar refractivity (Wildman–Crippen MR) is 82.3 cm³/mol. The van der Waals surface area contributed by atoms with Crippen LogP contribution in [0, 0.1) is 0 Å². The lowest BCUT2D eigenvalue weighted by atomic mass is 10.1. The number of hydrogen-bond acceptors (Lipinski definition) is 5. The largest absolute Gasteiger partial charge is 0.383 e. The second-order valence-electron chi connectivity index (χ2n) is 5.39. The lowest BCUT2D eigenvalue weighted by Gasteiger charge is -2.20. The second-order valence-corrected chi connectivity index (χ2v) is 5.39. The average Bonchev–Trinajstić information content (AvgIpc) is 2.99. The lowest BCUT2D eigenvalue weighted by molar-refractivity contribution is 0.182. The van der Waals surface area contributed by atoms with Gasteiger partial charge in [0.15, 0.2) is 0 Å². The summed E-state index contributed by atoms with van der Waals surface area (Å²) in [6, 6.07) is 2.38. The third kappa shape index (κ3) is 4.34. The van der Waals surface area contributed by atoms with E-state index < -0.39 is 0 Å². The van der Waals surface area contributed by atoms with Crippen LogP contribution in [0.5, 0.6) is 0 Å². The van der Waals surface area contributed by atoms with Crippen LogP contribution in [0.15, 0.2) is 12.4 Å². The molecule has 1 aromatic heterocycles. The molecule has 0 radical (unpaired) electrons. The zero-order valence-corrected chi connectivity index (χ0v) is 12.6. The number of methoxy groups -OCH3 is 1. The Kier molecular flexibility index (Phi) is 6.05. The lowest BCUT2D eigenvalue weighted by Crippen LogP contribution is -2.26. The predicted octanol–water partition coefficient (Wildman–Crippen LogP) is 2.69. The van der Waals surface area contributed by atoms with Crippen LogP contribution in [0.1, 0.15) is 39.0 Å². The van der Waals surface area contributed by atoms with Crippen LogP contribution in [0.2, 0.25) is 0 Å². The Bertz CT molecular complexity index is 393. The topological polar surface area (TPSA) is 50.3 Å². The third-order valence-corrected chi connectivity index (χ3v) is 3.71. The van der Waals surface area contributed by atoms with Gasteiger partial charge in [-0.1, -0.05) is 19.8 Å². The van der Waals surface area contributed by atoms with Crippen molar-refractivity contribution in [1.82, 2.24) is 9.97 Å². The van der Waals surface area contributed by atoms with Crippen molar-refractivity contribution >= 4 is 11.6 Å². The molecule has 1 aliphatic rings. The van der Waals surface area contributed by atoms with E-state index in [-0.39, 0.29) is 0 Å². The van der Waals surface area contributed by atoms with Gasteiger partial charge in [-0.3, -0.25) is 0 Å². The first-order valence-electron chi connectivity index (χ1n) is 7.66. The Morgan fingerprint density at radius 2 is 2.15 bits per heavy atom. The Morgan fingerprint density at radius 3 is 2.85 bits per heavy atom. The molecule has 2 rings (SSSR count). The molecule has 20 heavy (non-hydrogen) atoms. The molecule has 1 saturated heterocycles. The van der Waals surface area contributed by atoms with Gasteiger partial charge in [-0.15, -0.1) is 0 Å². The van der Waals surface area contributed by atoms with E-state index >= 15 is 0 Å². The number of nitrogens with zero attached hydrogens (tertiary/aromatic N) is 3. The van der Waals surface area contributed by atoms with Crippen LogP contribution in [0.25, 0.3) is 0 Å². The number of aromatic nitrogens is 2. The van der Waals surface area contributed by atoms with Gasteiger partial charge in [0.2, 0.25) is 0 Å². The molecule has 0 spiro atoms. The van der Waals surface area contributed by atoms with Gasteiger partial charge >= 0.3 is 0 Å². The minimum absolute atomic E-state index is 0.321. The molecule has 2 heterocycles. The molecule has 5 nitrogen and oxygen atoms in total. The fourth-order valence-corrected chi connectivity index (χ4v) is 2.60. The molecule has 0 aliphatic carbocycles. The van der Waals surface area contributed by atoms with E-state index in [9.17, 15) is 0 Å². The number of rotatable bonds is 8. The van der Waals surface area contributed by atoms with E-state index in [1.807, 2.05) is 0 Å². The summed E-state index contributed by atoms with van der Waals surface area (Å²) in [5.74, 6) is 1.94. The van der Waals surface area contributed by atoms with Gasteiger partial charge in [-0.25, -0.2) is 9.97 Å². The van der Waals surface area contributed by atoms with Gasteiger partial charge in [0.1, 0.15) is 18.0 Å². The van der Waals surface area contributed by atoms with Gasteiger partial charge in [0.05, 0.1) is 12.6 Å². The van der Waals surface area contributed by atoms with Crippen LogP contribution < -0.4 is 10.2 Å². The van der Waals surface area contributed by atoms with E-state index in [2.05, 4.69) is 33.2 Å². The van der Waals surface area contributed by atoms with Crippen molar-refractivity contribution in [2.24, 2.45) is 0 Å². The SMILES string of the molecule is CCCCC(COC)Nc1cc(N2CCCC2)ncn1. The highest BCUT2D eigenvalue weighted by molar-refractivity contribution is 5.49. The maximum atomic E-state index is 5.29. The summed E-state index contributed by atoms with van der Waals surface area (Å²) in [6.07, 6.45) is 7.67. The highest BCUT2D eigenvalue weighted by atomic mass is 16.5. The van der Waals surface area contributed by atoms with Gasteiger partial charge in [0.25, 0.3) is 0 Å². The van der Waals surface area contributed by atoms with Crippen molar-refractivity contribution in [2.45, 2.75) is 45.1 Å². The molecule has 0 amide bonds. The molecule has 5 heteroatoms. The number of nitrogens with one attached hydrogen (secondary N) is 1. The summed E-state index contributed by atoms with van der Waals surface area (Å²) in [5.41, 5.74) is 0. The fraction of sp³-hybridized carbons (Fsp3) is 0.733. The van der Waals surface area contributed by atoms with E-state index in [1.165, 1.54) is 25.7 Å². The van der Waals surface area contributed by atoms with Crippen LogP contribution >= 0.6 is 0 Å². The molecule has 1 aliphatic heterocycles. The molecule has 0 aromatic carbocycles. The summed E-state index contributed by atoms with van der Waals surface area (Å²) >= 11 is 0. The van der Waals surface area contributed by atoms with Crippen molar-refractivity contribution in [2.75, 3.05) is 37.0 Å². The van der Waals surface area contributed by atoms with E-state index in [1.54, 1.807) is 13.4 Å². The number of hydrogen-bond donors (Lipinski definition) is 1. The summed E-state index contributed by atoms with van der Waals surface area (Å²) < 4.78 is 5.29. The van der Waals surface area contributed by atoms with Crippen molar-refractivity contribution in [1.29, 1.82) is 0 Å². The minimum atomic E-state index is 0.321. The van der Waals surface area contributed by atoms with Gasteiger partial charge in [-0.05, 0) is 19.3 Å². The van der Waals surface area contributed by atoms with Crippen LogP contribution in [0.4, 0.5) is 11.6 Å². The van der Waals surface area contributed by atoms with Gasteiger partial charge < -0.3 is 15.0 Å². The van der Waals surface area contributed by atoms with E-state index in [0.29, 0.717) is 12.6 Å². The number of anilines is 2. The van der Waals surface area contributed by atoms with Gasteiger partial charge in [-0.2, -0.15) is 0 Å². The van der Waals surface area contributed by atoms with Crippen molar-refractivity contribution < 1.29 is 4.74 Å². The molecule has 1 fully saturated rings.